The summed E-state index contributed by atoms with van der Waals surface area (Å²) in [4.78, 5) is 17.9. The maximum atomic E-state index is 14.3. The molecule has 2 saturated heterocycles. The number of hydrogen-bond donors (Lipinski definition) is 1. The molecule has 2 N–H and O–H groups in total. The van der Waals surface area contributed by atoms with Gasteiger partial charge in [-0.05, 0) is 51.0 Å². The quantitative estimate of drug-likeness (QED) is 0.583. The zero-order chi connectivity index (χ0) is 23.9. The SMILES string of the molecule is CC1(C)OCC(COc2ccc(F)cc2[C@H]2CCCN2c2ccn3ncc(OC(N)=O)c3n2)O1. The number of aromatic nitrogens is 3. The summed E-state index contributed by atoms with van der Waals surface area (Å²) in [5.74, 6) is 0.426. The Hall–Kier alpha value is -3.44. The molecule has 10 nitrogen and oxygen atoms in total. The molecule has 0 radical (unpaired) electrons. The highest BCUT2D eigenvalue weighted by Gasteiger charge is 2.34. The van der Waals surface area contributed by atoms with Gasteiger partial charge in [-0.2, -0.15) is 5.10 Å². The van der Waals surface area contributed by atoms with Crippen molar-refractivity contribution in [3.05, 3.63) is 48.0 Å². The number of benzene rings is 1. The molecule has 11 heteroatoms. The van der Waals surface area contributed by atoms with Gasteiger partial charge in [-0.25, -0.2) is 18.7 Å². The third-order valence-electron chi connectivity index (χ3n) is 5.90. The molecule has 0 aliphatic carbocycles. The van der Waals surface area contributed by atoms with E-state index in [1.165, 1.54) is 22.8 Å². The Labute approximate surface area is 195 Å². The van der Waals surface area contributed by atoms with Crippen molar-refractivity contribution in [3.63, 3.8) is 0 Å². The monoisotopic (exact) mass is 471 g/mol. The predicted molar refractivity (Wildman–Crippen MR) is 119 cm³/mol. The number of rotatable bonds is 6. The number of amides is 1. The molecule has 1 aromatic carbocycles. The third-order valence-corrected chi connectivity index (χ3v) is 5.90. The zero-order valence-corrected chi connectivity index (χ0v) is 18.9. The number of halogens is 1. The number of nitrogens with two attached hydrogens (primary N) is 1. The van der Waals surface area contributed by atoms with E-state index in [2.05, 4.69) is 15.0 Å². The second kappa shape index (κ2) is 8.73. The lowest BCUT2D eigenvalue weighted by Crippen LogP contribution is -2.26. The van der Waals surface area contributed by atoms with E-state index in [4.69, 9.17) is 24.7 Å². The second-order valence-corrected chi connectivity index (χ2v) is 8.78. The minimum Gasteiger partial charge on any atom is -0.490 e. The van der Waals surface area contributed by atoms with Crippen molar-refractivity contribution in [2.45, 2.75) is 44.6 Å². The molecule has 0 saturated carbocycles. The van der Waals surface area contributed by atoms with Crippen molar-refractivity contribution >= 4 is 17.6 Å². The molecular formula is C23H26FN5O5. The summed E-state index contributed by atoms with van der Waals surface area (Å²) in [5.41, 5.74) is 6.25. The molecule has 0 spiro atoms. The zero-order valence-electron chi connectivity index (χ0n) is 18.9. The lowest BCUT2D eigenvalue weighted by Gasteiger charge is -2.28. The van der Waals surface area contributed by atoms with E-state index in [1.54, 1.807) is 12.3 Å². The Bertz CT molecular complexity index is 1220. The fourth-order valence-electron chi connectivity index (χ4n) is 4.48. The van der Waals surface area contributed by atoms with Crippen molar-refractivity contribution in [2.24, 2.45) is 5.73 Å². The standard InChI is InChI=1S/C23H26FN5O5/c1-23(2)32-13-15(34-23)12-31-18-6-5-14(24)10-16(18)17-4-3-8-28(17)20-7-9-29-21(27-20)19(11-26-29)33-22(25)30/h5-7,9-11,15,17H,3-4,8,12-13H2,1-2H3,(H2,25,30)/t15?,17-/m1/s1. The van der Waals surface area contributed by atoms with Crippen LogP contribution in [0.1, 0.15) is 38.3 Å². The molecule has 1 amide bonds. The predicted octanol–water partition coefficient (Wildman–Crippen LogP) is 3.20. The molecule has 1 unspecified atom stereocenters. The number of fused-ring (bicyclic) bond motifs is 1. The normalized spacial score (nSPS) is 21.8. The Morgan fingerprint density at radius 2 is 2.18 bits per heavy atom. The van der Waals surface area contributed by atoms with E-state index in [-0.39, 0.29) is 23.7 Å². The summed E-state index contributed by atoms with van der Waals surface area (Å²) in [6.45, 7) is 5.17. The smallest absolute Gasteiger partial charge is 0.410 e. The molecule has 2 atom stereocenters. The van der Waals surface area contributed by atoms with Gasteiger partial charge in [0.1, 0.15) is 30.1 Å². The average Bonchev–Trinajstić information content (AvgIpc) is 3.51. The van der Waals surface area contributed by atoms with Crippen LogP contribution in [0.3, 0.4) is 0 Å². The Balaban J connectivity index is 1.41. The van der Waals surface area contributed by atoms with Crippen LogP contribution < -0.4 is 20.1 Å². The summed E-state index contributed by atoms with van der Waals surface area (Å²) in [6, 6.07) is 6.21. The second-order valence-electron chi connectivity index (χ2n) is 8.78. The van der Waals surface area contributed by atoms with Gasteiger partial charge in [0.2, 0.25) is 5.65 Å². The van der Waals surface area contributed by atoms with Crippen molar-refractivity contribution < 1.29 is 28.1 Å². The Morgan fingerprint density at radius 1 is 1.32 bits per heavy atom. The molecule has 2 fully saturated rings. The summed E-state index contributed by atoms with van der Waals surface area (Å²) in [7, 11) is 0. The van der Waals surface area contributed by atoms with Crippen molar-refractivity contribution in [1.29, 1.82) is 0 Å². The molecule has 2 aliphatic rings. The lowest BCUT2D eigenvalue weighted by molar-refractivity contribution is -0.141. The minimum absolute atomic E-state index is 0.152. The fourth-order valence-corrected chi connectivity index (χ4v) is 4.48. The van der Waals surface area contributed by atoms with Crippen molar-refractivity contribution in [3.8, 4) is 11.5 Å². The number of anilines is 1. The molecule has 5 rings (SSSR count). The van der Waals surface area contributed by atoms with Crippen LogP contribution in [-0.2, 0) is 9.47 Å². The molecule has 34 heavy (non-hydrogen) atoms. The first-order chi connectivity index (χ1) is 16.3. The van der Waals surface area contributed by atoms with Crippen LogP contribution >= 0.6 is 0 Å². The molecule has 2 aliphatic heterocycles. The number of carbonyl (C=O) groups excluding carboxylic acids is 1. The van der Waals surface area contributed by atoms with Crippen molar-refractivity contribution in [1.82, 2.24) is 14.6 Å². The van der Waals surface area contributed by atoms with Gasteiger partial charge in [-0.15, -0.1) is 0 Å². The van der Waals surface area contributed by atoms with Gasteiger partial charge in [0.25, 0.3) is 0 Å². The van der Waals surface area contributed by atoms with Crippen LogP contribution in [0.15, 0.2) is 36.7 Å². The highest BCUT2D eigenvalue weighted by atomic mass is 19.1. The molecule has 0 bridgehead atoms. The summed E-state index contributed by atoms with van der Waals surface area (Å²) in [5, 5.41) is 4.13. The first kappa shape index (κ1) is 22.4. The average molecular weight is 471 g/mol. The van der Waals surface area contributed by atoms with E-state index in [9.17, 15) is 9.18 Å². The van der Waals surface area contributed by atoms with Crippen molar-refractivity contribution in [2.75, 3.05) is 24.7 Å². The highest BCUT2D eigenvalue weighted by molar-refractivity contribution is 5.71. The van der Waals surface area contributed by atoms with E-state index >= 15 is 0 Å². The maximum absolute atomic E-state index is 14.3. The van der Waals surface area contributed by atoms with E-state index in [1.807, 2.05) is 19.9 Å². The van der Waals surface area contributed by atoms with Gasteiger partial charge in [0.05, 0.1) is 18.8 Å². The van der Waals surface area contributed by atoms with Crippen LogP contribution in [-0.4, -0.2) is 52.3 Å². The van der Waals surface area contributed by atoms with Gasteiger partial charge >= 0.3 is 6.09 Å². The van der Waals surface area contributed by atoms with Crippen LogP contribution in [0.5, 0.6) is 11.5 Å². The minimum atomic E-state index is -0.942. The first-order valence-corrected chi connectivity index (χ1v) is 11.1. The van der Waals surface area contributed by atoms with Gasteiger partial charge in [0, 0.05) is 18.3 Å². The van der Waals surface area contributed by atoms with Gasteiger partial charge in [-0.1, -0.05) is 0 Å². The first-order valence-electron chi connectivity index (χ1n) is 11.1. The van der Waals surface area contributed by atoms with Gasteiger partial charge in [0.15, 0.2) is 11.5 Å². The van der Waals surface area contributed by atoms with Crippen LogP contribution in [0.4, 0.5) is 15.0 Å². The topological polar surface area (TPSA) is 113 Å². The number of carbonyl (C=O) groups is 1. The maximum Gasteiger partial charge on any atom is 0.410 e. The van der Waals surface area contributed by atoms with Crippen LogP contribution in [0.25, 0.3) is 5.65 Å². The lowest BCUT2D eigenvalue weighted by atomic mass is 10.0. The molecule has 4 heterocycles. The fraction of sp³-hybridized carbons (Fsp3) is 0.435. The number of nitrogens with zero attached hydrogens (tertiary/aromatic N) is 4. The number of primary amides is 1. The Morgan fingerprint density at radius 3 is 2.94 bits per heavy atom. The van der Waals surface area contributed by atoms with Crippen LogP contribution in [0, 0.1) is 5.82 Å². The summed E-state index contributed by atoms with van der Waals surface area (Å²) < 4.78 is 38.3. The number of hydrogen-bond acceptors (Lipinski definition) is 8. The largest absolute Gasteiger partial charge is 0.490 e. The van der Waals surface area contributed by atoms with Gasteiger partial charge < -0.3 is 29.6 Å². The van der Waals surface area contributed by atoms with E-state index in [0.717, 1.165) is 24.9 Å². The third kappa shape index (κ3) is 4.48. The van der Waals surface area contributed by atoms with Crippen LogP contribution in [0.2, 0.25) is 0 Å². The molecule has 3 aromatic rings. The number of ether oxygens (including phenoxy) is 4. The molecular weight excluding hydrogens is 445 g/mol. The summed E-state index contributed by atoms with van der Waals surface area (Å²) in [6.07, 6.45) is 3.65. The van der Waals surface area contributed by atoms with E-state index in [0.29, 0.717) is 30.4 Å². The van der Waals surface area contributed by atoms with E-state index < -0.39 is 11.9 Å². The van der Waals surface area contributed by atoms with Gasteiger partial charge in [-0.3, -0.25) is 0 Å². The molecule has 180 valence electrons. The summed E-state index contributed by atoms with van der Waals surface area (Å²) >= 11 is 0. The Kier molecular flexibility index (Phi) is 5.74. The highest BCUT2D eigenvalue weighted by Crippen LogP contribution is 2.40. The molecule has 2 aromatic heterocycles.